The lowest BCUT2D eigenvalue weighted by Crippen LogP contribution is -2.30. The molecule has 2 amide bonds. The Kier molecular flexibility index (Phi) is 5.59. The number of amides is 2. The molecule has 1 aromatic heterocycles. The SMILES string of the molecule is CNCCCNC(=O)Nc1ccc(C(=O)O)nc1. The molecule has 0 unspecified atom stereocenters. The van der Waals surface area contributed by atoms with Crippen molar-refractivity contribution in [1.29, 1.82) is 0 Å². The minimum absolute atomic E-state index is 0.0602. The lowest BCUT2D eigenvalue weighted by Gasteiger charge is -2.07. The molecular formula is C11H16N4O3. The third-order valence-corrected chi connectivity index (χ3v) is 2.13. The van der Waals surface area contributed by atoms with Crippen LogP contribution in [0.4, 0.5) is 10.5 Å². The van der Waals surface area contributed by atoms with E-state index in [1.54, 1.807) is 0 Å². The van der Waals surface area contributed by atoms with Crippen molar-refractivity contribution in [3.05, 3.63) is 24.0 Å². The van der Waals surface area contributed by atoms with Gasteiger partial charge in [-0.15, -0.1) is 0 Å². The van der Waals surface area contributed by atoms with E-state index >= 15 is 0 Å². The molecule has 0 aliphatic carbocycles. The molecule has 0 atom stereocenters. The number of rotatable bonds is 6. The Morgan fingerprint density at radius 3 is 2.67 bits per heavy atom. The number of hydrogen-bond acceptors (Lipinski definition) is 4. The summed E-state index contributed by atoms with van der Waals surface area (Å²) in [5.41, 5.74) is 0.390. The number of pyridine rings is 1. The van der Waals surface area contributed by atoms with E-state index in [-0.39, 0.29) is 11.7 Å². The smallest absolute Gasteiger partial charge is 0.354 e. The molecule has 0 aromatic carbocycles. The van der Waals surface area contributed by atoms with E-state index in [9.17, 15) is 9.59 Å². The average Bonchev–Trinajstić information content (AvgIpc) is 2.35. The molecule has 7 heteroatoms. The maximum Gasteiger partial charge on any atom is 0.354 e. The Morgan fingerprint density at radius 1 is 1.33 bits per heavy atom. The second-order valence-electron chi connectivity index (χ2n) is 3.58. The zero-order chi connectivity index (χ0) is 13.4. The van der Waals surface area contributed by atoms with Gasteiger partial charge in [0.1, 0.15) is 5.69 Å². The Bertz CT molecular complexity index is 405. The first-order valence-electron chi connectivity index (χ1n) is 5.52. The summed E-state index contributed by atoms with van der Waals surface area (Å²) in [4.78, 5) is 25.7. The maximum atomic E-state index is 11.4. The third-order valence-electron chi connectivity index (χ3n) is 2.13. The molecule has 0 saturated carbocycles. The molecule has 7 nitrogen and oxygen atoms in total. The number of urea groups is 1. The van der Waals surface area contributed by atoms with Crippen LogP contribution in [0.15, 0.2) is 18.3 Å². The van der Waals surface area contributed by atoms with Gasteiger partial charge in [0.15, 0.2) is 0 Å². The number of nitrogens with zero attached hydrogens (tertiary/aromatic N) is 1. The van der Waals surface area contributed by atoms with Crippen molar-refractivity contribution in [3.8, 4) is 0 Å². The van der Waals surface area contributed by atoms with Crippen molar-refractivity contribution < 1.29 is 14.7 Å². The van der Waals surface area contributed by atoms with Gasteiger partial charge in [-0.3, -0.25) is 0 Å². The van der Waals surface area contributed by atoms with E-state index < -0.39 is 5.97 Å². The van der Waals surface area contributed by atoms with E-state index in [4.69, 9.17) is 5.11 Å². The number of carbonyl (C=O) groups is 2. The highest BCUT2D eigenvalue weighted by atomic mass is 16.4. The lowest BCUT2D eigenvalue weighted by atomic mass is 10.3. The fourth-order valence-corrected chi connectivity index (χ4v) is 1.24. The largest absolute Gasteiger partial charge is 0.477 e. The molecular weight excluding hydrogens is 236 g/mol. The molecule has 18 heavy (non-hydrogen) atoms. The van der Waals surface area contributed by atoms with Gasteiger partial charge < -0.3 is 21.1 Å². The minimum atomic E-state index is -1.10. The topological polar surface area (TPSA) is 103 Å². The van der Waals surface area contributed by atoms with Gasteiger partial charge in [0.2, 0.25) is 0 Å². The van der Waals surface area contributed by atoms with Gasteiger partial charge >= 0.3 is 12.0 Å². The van der Waals surface area contributed by atoms with Crippen LogP contribution in [0.5, 0.6) is 0 Å². The van der Waals surface area contributed by atoms with Crippen molar-refractivity contribution in [2.45, 2.75) is 6.42 Å². The zero-order valence-electron chi connectivity index (χ0n) is 10.1. The summed E-state index contributed by atoms with van der Waals surface area (Å²) in [7, 11) is 1.84. The molecule has 0 spiro atoms. The summed E-state index contributed by atoms with van der Waals surface area (Å²) < 4.78 is 0. The van der Waals surface area contributed by atoms with Crippen LogP contribution in [0.2, 0.25) is 0 Å². The number of carbonyl (C=O) groups excluding carboxylic acids is 1. The van der Waals surface area contributed by atoms with E-state index in [0.717, 1.165) is 13.0 Å². The van der Waals surface area contributed by atoms with Gasteiger partial charge in [0.25, 0.3) is 0 Å². The van der Waals surface area contributed by atoms with Gasteiger partial charge in [-0.25, -0.2) is 14.6 Å². The van der Waals surface area contributed by atoms with Crippen LogP contribution >= 0.6 is 0 Å². The van der Waals surface area contributed by atoms with Gasteiger partial charge in [0, 0.05) is 6.54 Å². The predicted molar refractivity (Wildman–Crippen MR) is 66.8 cm³/mol. The average molecular weight is 252 g/mol. The highest BCUT2D eigenvalue weighted by molar-refractivity contribution is 5.90. The van der Waals surface area contributed by atoms with Crippen molar-refractivity contribution in [2.24, 2.45) is 0 Å². The standard InChI is InChI=1S/C11H16N4O3/c1-12-5-2-6-13-11(18)15-8-3-4-9(10(16)17)14-7-8/h3-4,7,12H,2,5-6H2,1H3,(H,16,17)(H2,13,15,18). The van der Waals surface area contributed by atoms with Crippen molar-refractivity contribution in [3.63, 3.8) is 0 Å². The maximum absolute atomic E-state index is 11.4. The number of hydrogen-bond donors (Lipinski definition) is 4. The number of carboxylic acids is 1. The fourth-order valence-electron chi connectivity index (χ4n) is 1.24. The highest BCUT2D eigenvalue weighted by Gasteiger charge is 2.05. The number of carboxylic acid groups (broad SMARTS) is 1. The molecule has 1 rings (SSSR count). The van der Waals surface area contributed by atoms with Crippen molar-refractivity contribution >= 4 is 17.7 Å². The fraction of sp³-hybridized carbons (Fsp3) is 0.364. The quantitative estimate of drug-likeness (QED) is 0.552. The molecule has 4 N–H and O–H groups in total. The monoisotopic (exact) mass is 252 g/mol. The summed E-state index contributed by atoms with van der Waals surface area (Å²) >= 11 is 0. The molecule has 98 valence electrons. The van der Waals surface area contributed by atoms with Gasteiger partial charge in [-0.1, -0.05) is 0 Å². The molecule has 0 fully saturated rings. The molecule has 0 saturated heterocycles. The second-order valence-corrected chi connectivity index (χ2v) is 3.58. The number of aromatic carboxylic acids is 1. The normalized spacial score (nSPS) is 9.83. The van der Waals surface area contributed by atoms with Crippen LogP contribution in [0, 0.1) is 0 Å². The molecule has 1 heterocycles. The first-order valence-corrected chi connectivity index (χ1v) is 5.52. The molecule has 0 aliphatic heterocycles. The van der Waals surface area contributed by atoms with Crippen LogP contribution in [0.25, 0.3) is 0 Å². The Labute approximate surface area is 105 Å². The Balaban J connectivity index is 2.37. The number of nitrogens with one attached hydrogen (secondary N) is 3. The first-order chi connectivity index (χ1) is 8.63. The summed E-state index contributed by atoms with van der Waals surface area (Å²) in [6.45, 7) is 1.39. The highest BCUT2D eigenvalue weighted by Crippen LogP contribution is 2.05. The van der Waals surface area contributed by atoms with Crippen molar-refractivity contribution in [1.82, 2.24) is 15.6 Å². The Morgan fingerprint density at radius 2 is 2.11 bits per heavy atom. The van der Waals surface area contributed by atoms with Crippen molar-refractivity contribution in [2.75, 3.05) is 25.5 Å². The van der Waals surface area contributed by atoms with E-state index in [0.29, 0.717) is 12.2 Å². The first kappa shape index (κ1) is 13.9. The summed E-state index contributed by atoms with van der Waals surface area (Å²) in [6, 6.07) is 2.48. The van der Waals surface area contributed by atoms with Crippen LogP contribution < -0.4 is 16.0 Å². The molecule has 1 aromatic rings. The van der Waals surface area contributed by atoms with E-state index in [2.05, 4.69) is 20.9 Å². The van der Waals surface area contributed by atoms with Crippen LogP contribution in [-0.2, 0) is 0 Å². The second kappa shape index (κ2) is 7.23. The number of aromatic nitrogens is 1. The van der Waals surface area contributed by atoms with Crippen LogP contribution in [0.1, 0.15) is 16.9 Å². The molecule has 0 aliphatic rings. The van der Waals surface area contributed by atoms with E-state index in [1.807, 2.05) is 7.05 Å². The lowest BCUT2D eigenvalue weighted by molar-refractivity contribution is 0.0690. The predicted octanol–water partition coefficient (Wildman–Crippen LogP) is 0.511. The molecule has 0 radical (unpaired) electrons. The van der Waals surface area contributed by atoms with Crippen LogP contribution in [-0.4, -0.2) is 42.2 Å². The summed E-state index contributed by atoms with van der Waals surface area (Å²) in [6.07, 6.45) is 2.14. The van der Waals surface area contributed by atoms with Gasteiger partial charge in [0.05, 0.1) is 11.9 Å². The summed E-state index contributed by atoms with van der Waals surface area (Å²) in [5.74, 6) is -1.10. The summed E-state index contributed by atoms with van der Waals surface area (Å²) in [5, 5.41) is 16.9. The Hall–Kier alpha value is -2.15. The third kappa shape index (κ3) is 4.79. The minimum Gasteiger partial charge on any atom is -0.477 e. The zero-order valence-corrected chi connectivity index (χ0v) is 10.1. The molecule has 0 bridgehead atoms. The van der Waals surface area contributed by atoms with Crippen LogP contribution in [0.3, 0.4) is 0 Å². The number of anilines is 1. The van der Waals surface area contributed by atoms with Gasteiger partial charge in [-0.2, -0.15) is 0 Å². The van der Waals surface area contributed by atoms with E-state index in [1.165, 1.54) is 18.3 Å². The van der Waals surface area contributed by atoms with Gasteiger partial charge in [-0.05, 0) is 32.1 Å².